The molecular formula is C7H14O4. The van der Waals surface area contributed by atoms with E-state index in [9.17, 15) is 5.11 Å². The summed E-state index contributed by atoms with van der Waals surface area (Å²) in [6.07, 6.45) is -1.69. The van der Waals surface area contributed by atoms with E-state index in [0.717, 1.165) is 0 Å². The van der Waals surface area contributed by atoms with Gasteiger partial charge in [0.25, 0.3) is 0 Å². The summed E-state index contributed by atoms with van der Waals surface area (Å²) in [7, 11) is 1.52. The van der Waals surface area contributed by atoms with E-state index in [1.165, 1.54) is 7.11 Å². The van der Waals surface area contributed by atoms with Crippen LogP contribution < -0.4 is 0 Å². The predicted octanol–water partition coefficient (Wildman–Crippen LogP) is -0.510. The molecule has 0 bridgehead atoms. The molecule has 1 rings (SSSR count). The van der Waals surface area contributed by atoms with Crippen molar-refractivity contribution in [3.8, 4) is 0 Å². The molecule has 2 N–H and O–H groups in total. The minimum atomic E-state index is -0.648. The molecule has 1 aliphatic heterocycles. The predicted molar refractivity (Wildman–Crippen MR) is 38.0 cm³/mol. The van der Waals surface area contributed by atoms with E-state index in [-0.39, 0.29) is 6.29 Å². The molecule has 0 spiro atoms. The lowest BCUT2D eigenvalue weighted by atomic mass is 10.1. The van der Waals surface area contributed by atoms with Crippen LogP contribution in [0.2, 0.25) is 0 Å². The molecule has 11 heavy (non-hydrogen) atoms. The fourth-order valence-electron chi connectivity index (χ4n) is 1.24. The fourth-order valence-corrected chi connectivity index (χ4v) is 1.24. The van der Waals surface area contributed by atoms with E-state index in [1.54, 1.807) is 6.92 Å². The van der Waals surface area contributed by atoms with E-state index in [4.69, 9.17) is 14.6 Å². The van der Waals surface area contributed by atoms with Crippen LogP contribution in [0.1, 0.15) is 13.3 Å². The minimum Gasteiger partial charge on any atom is -0.391 e. The molecule has 1 heterocycles. The lowest BCUT2D eigenvalue weighted by Crippen LogP contribution is -2.32. The molecule has 0 aromatic carbocycles. The lowest BCUT2D eigenvalue weighted by Gasteiger charge is -2.16. The van der Waals surface area contributed by atoms with Crippen molar-refractivity contribution < 1.29 is 19.7 Å². The van der Waals surface area contributed by atoms with Gasteiger partial charge >= 0.3 is 0 Å². The van der Waals surface area contributed by atoms with E-state index < -0.39 is 18.3 Å². The van der Waals surface area contributed by atoms with E-state index >= 15 is 0 Å². The second-order valence-corrected chi connectivity index (χ2v) is 2.81. The van der Waals surface area contributed by atoms with Crippen LogP contribution >= 0.6 is 0 Å². The van der Waals surface area contributed by atoms with Gasteiger partial charge in [-0.15, -0.1) is 0 Å². The van der Waals surface area contributed by atoms with Crippen molar-refractivity contribution in [3.63, 3.8) is 0 Å². The number of aliphatic hydroxyl groups excluding tert-OH is 2. The summed E-state index contributed by atoms with van der Waals surface area (Å²) in [6, 6.07) is 0. The Labute approximate surface area is 65.7 Å². The fraction of sp³-hybridized carbons (Fsp3) is 1.00. The second kappa shape index (κ2) is 3.49. The van der Waals surface area contributed by atoms with Crippen LogP contribution in [0.5, 0.6) is 0 Å². The first kappa shape index (κ1) is 8.93. The molecule has 0 saturated carbocycles. The molecule has 1 aliphatic rings. The number of hydrogen-bond acceptors (Lipinski definition) is 4. The molecular weight excluding hydrogens is 148 g/mol. The van der Waals surface area contributed by atoms with E-state index in [1.807, 2.05) is 0 Å². The Bertz CT molecular complexity index is 126. The van der Waals surface area contributed by atoms with Gasteiger partial charge < -0.3 is 19.7 Å². The van der Waals surface area contributed by atoms with Crippen molar-refractivity contribution in [2.24, 2.45) is 0 Å². The zero-order chi connectivity index (χ0) is 8.43. The SMILES string of the molecule is COC1CC(O)C(C(C)O)O1. The first-order valence-electron chi connectivity index (χ1n) is 3.69. The Hall–Kier alpha value is -0.160. The highest BCUT2D eigenvalue weighted by atomic mass is 16.7. The summed E-state index contributed by atoms with van der Waals surface area (Å²) in [6.45, 7) is 1.59. The van der Waals surface area contributed by atoms with E-state index in [0.29, 0.717) is 6.42 Å². The van der Waals surface area contributed by atoms with Gasteiger partial charge in [-0.1, -0.05) is 0 Å². The van der Waals surface area contributed by atoms with Crippen molar-refractivity contribution in [2.45, 2.75) is 37.9 Å². The van der Waals surface area contributed by atoms with E-state index in [2.05, 4.69) is 0 Å². The maximum absolute atomic E-state index is 9.30. The maximum Gasteiger partial charge on any atom is 0.160 e. The quantitative estimate of drug-likeness (QED) is 0.574. The first-order chi connectivity index (χ1) is 5.15. The van der Waals surface area contributed by atoms with Crippen molar-refractivity contribution in [1.29, 1.82) is 0 Å². The van der Waals surface area contributed by atoms with Gasteiger partial charge in [0.1, 0.15) is 6.10 Å². The Balaban J connectivity index is 2.45. The Kier molecular flexibility index (Phi) is 2.84. The zero-order valence-electron chi connectivity index (χ0n) is 6.73. The number of hydrogen-bond donors (Lipinski definition) is 2. The molecule has 4 nitrogen and oxygen atoms in total. The Morgan fingerprint density at radius 1 is 1.64 bits per heavy atom. The highest BCUT2D eigenvalue weighted by Gasteiger charge is 2.36. The molecule has 1 fully saturated rings. The summed E-state index contributed by atoms with van der Waals surface area (Å²) in [5, 5.41) is 18.4. The topological polar surface area (TPSA) is 58.9 Å². The van der Waals surface area contributed by atoms with Crippen LogP contribution in [-0.4, -0.2) is 41.9 Å². The smallest absolute Gasteiger partial charge is 0.160 e. The highest BCUT2D eigenvalue weighted by Crippen LogP contribution is 2.22. The van der Waals surface area contributed by atoms with Crippen LogP contribution in [0.4, 0.5) is 0 Å². The van der Waals surface area contributed by atoms with Gasteiger partial charge in [0, 0.05) is 13.5 Å². The summed E-state index contributed by atoms with van der Waals surface area (Å²) < 4.78 is 10.0. The molecule has 0 aromatic heterocycles. The molecule has 0 aliphatic carbocycles. The largest absolute Gasteiger partial charge is 0.391 e. The molecule has 4 atom stereocenters. The third-order valence-electron chi connectivity index (χ3n) is 1.86. The standard InChI is InChI=1S/C7H14O4/c1-4(8)7-5(9)3-6(10-2)11-7/h4-9H,3H2,1-2H3. The molecule has 66 valence electrons. The zero-order valence-corrected chi connectivity index (χ0v) is 6.73. The second-order valence-electron chi connectivity index (χ2n) is 2.81. The molecule has 4 heteroatoms. The lowest BCUT2D eigenvalue weighted by molar-refractivity contribution is -0.141. The van der Waals surface area contributed by atoms with Crippen molar-refractivity contribution in [3.05, 3.63) is 0 Å². The minimum absolute atomic E-state index is 0.371. The Morgan fingerprint density at radius 2 is 2.27 bits per heavy atom. The van der Waals surface area contributed by atoms with Crippen LogP contribution in [0.3, 0.4) is 0 Å². The van der Waals surface area contributed by atoms with Crippen LogP contribution in [0.15, 0.2) is 0 Å². The Morgan fingerprint density at radius 3 is 2.55 bits per heavy atom. The van der Waals surface area contributed by atoms with Gasteiger partial charge in [-0.3, -0.25) is 0 Å². The van der Waals surface area contributed by atoms with Gasteiger partial charge in [-0.05, 0) is 6.92 Å². The molecule has 4 unspecified atom stereocenters. The molecule has 1 saturated heterocycles. The monoisotopic (exact) mass is 162 g/mol. The number of ether oxygens (including phenoxy) is 2. The summed E-state index contributed by atoms with van der Waals surface area (Å²) in [5.41, 5.74) is 0. The molecule has 0 aromatic rings. The van der Waals surface area contributed by atoms with Gasteiger partial charge in [0.15, 0.2) is 6.29 Å². The van der Waals surface area contributed by atoms with Gasteiger partial charge in [-0.2, -0.15) is 0 Å². The average Bonchev–Trinajstić information content (AvgIpc) is 2.30. The number of aliphatic hydroxyl groups is 2. The third kappa shape index (κ3) is 1.90. The van der Waals surface area contributed by atoms with Crippen molar-refractivity contribution in [1.82, 2.24) is 0 Å². The van der Waals surface area contributed by atoms with Crippen LogP contribution in [0, 0.1) is 0 Å². The third-order valence-corrected chi connectivity index (χ3v) is 1.86. The molecule has 0 amide bonds. The highest BCUT2D eigenvalue weighted by molar-refractivity contribution is 4.81. The van der Waals surface area contributed by atoms with Gasteiger partial charge in [-0.25, -0.2) is 0 Å². The van der Waals surface area contributed by atoms with Crippen molar-refractivity contribution in [2.75, 3.05) is 7.11 Å². The number of rotatable bonds is 2. The summed E-state index contributed by atoms with van der Waals surface area (Å²) >= 11 is 0. The summed E-state index contributed by atoms with van der Waals surface area (Å²) in [4.78, 5) is 0. The molecule has 0 radical (unpaired) electrons. The van der Waals surface area contributed by atoms with Gasteiger partial charge in [0.05, 0.1) is 12.2 Å². The maximum atomic E-state index is 9.30. The van der Waals surface area contributed by atoms with Crippen LogP contribution in [0.25, 0.3) is 0 Å². The van der Waals surface area contributed by atoms with Gasteiger partial charge in [0.2, 0.25) is 0 Å². The number of methoxy groups -OCH3 is 1. The first-order valence-corrected chi connectivity index (χ1v) is 3.69. The summed E-state index contributed by atoms with van der Waals surface area (Å²) in [5.74, 6) is 0. The normalized spacial score (nSPS) is 40.9. The average molecular weight is 162 g/mol. The van der Waals surface area contributed by atoms with Crippen LogP contribution in [-0.2, 0) is 9.47 Å². The van der Waals surface area contributed by atoms with Crippen molar-refractivity contribution >= 4 is 0 Å².